The molecule has 0 amide bonds. The largest absolute Gasteiger partial charge is 0.497 e. The van der Waals surface area contributed by atoms with E-state index in [0.29, 0.717) is 23.9 Å². The second kappa shape index (κ2) is 6.92. The van der Waals surface area contributed by atoms with Crippen molar-refractivity contribution in [1.29, 1.82) is 0 Å². The van der Waals surface area contributed by atoms with Crippen LogP contribution in [-0.2, 0) is 16.6 Å². The minimum Gasteiger partial charge on any atom is -0.497 e. The van der Waals surface area contributed by atoms with Gasteiger partial charge in [-0.25, -0.2) is 4.57 Å². The molecule has 27 heavy (non-hydrogen) atoms. The monoisotopic (exact) mass is 383 g/mol. The first-order valence-electron chi connectivity index (χ1n) is 8.49. The summed E-state index contributed by atoms with van der Waals surface area (Å²) in [7, 11) is -1.68. The number of ether oxygens (including phenoxy) is 2. The van der Waals surface area contributed by atoms with Crippen LogP contribution in [0.2, 0.25) is 0 Å². The molecule has 0 fully saturated rings. The Bertz CT molecular complexity index is 1080. The molecule has 0 aliphatic carbocycles. The van der Waals surface area contributed by atoms with Crippen molar-refractivity contribution in [3.8, 4) is 28.4 Å². The van der Waals surface area contributed by atoms with Crippen LogP contribution in [0.5, 0.6) is 17.2 Å². The van der Waals surface area contributed by atoms with Crippen LogP contribution in [0.1, 0.15) is 0 Å². The number of anilines is 1. The third kappa shape index (κ3) is 3.73. The Balaban J connectivity index is 1.62. The van der Waals surface area contributed by atoms with Crippen LogP contribution in [0.4, 0.5) is 5.82 Å². The van der Waals surface area contributed by atoms with Crippen LogP contribution in [0.3, 0.4) is 0 Å². The lowest BCUT2D eigenvalue weighted by Gasteiger charge is -2.16. The van der Waals surface area contributed by atoms with Gasteiger partial charge >= 0.3 is 10.0 Å². The van der Waals surface area contributed by atoms with Gasteiger partial charge in [0, 0.05) is 6.07 Å². The number of aromatic nitrogens is 1. The Labute approximate surface area is 158 Å². The van der Waals surface area contributed by atoms with Crippen LogP contribution in [0, 0.1) is 0 Å². The van der Waals surface area contributed by atoms with Crippen molar-refractivity contribution < 1.29 is 22.5 Å². The summed E-state index contributed by atoms with van der Waals surface area (Å²) in [5.41, 5.74) is 1.73. The van der Waals surface area contributed by atoms with E-state index in [1.165, 1.54) is 0 Å². The summed E-state index contributed by atoms with van der Waals surface area (Å²) in [6.45, 7) is 0.440. The van der Waals surface area contributed by atoms with Crippen LogP contribution in [0.25, 0.3) is 11.1 Å². The van der Waals surface area contributed by atoms with Crippen molar-refractivity contribution in [2.45, 2.75) is 6.54 Å². The van der Waals surface area contributed by atoms with E-state index in [0.717, 1.165) is 16.9 Å². The number of hydrogen-bond acceptors (Lipinski definition) is 4. The van der Waals surface area contributed by atoms with E-state index in [4.69, 9.17) is 9.47 Å². The average Bonchev–Trinajstić information content (AvgIpc) is 2.68. The van der Waals surface area contributed by atoms with Crippen LogP contribution in [-0.4, -0.2) is 21.3 Å². The first kappa shape index (κ1) is 17.4. The Morgan fingerprint density at radius 3 is 2.52 bits per heavy atom. The molecule has 1 aliphatic heterocycles. The fourth-order valence-electron chi connectivity index (χ4n) is 3.00. The lowest BCUT2D eigenvalue weighted by atomic mass is 10.1. The van der Waals surface area contributed by atoms with Gasteiger partial charge in [0.1, 0.15) is 29.5 Å². The molecule has 0 saturated carbocycles. The average molecular weight is 383 g/mol. The molecule has 0 unspecified atom stereocenters. The Hall–Kier alpha value is -3.06. The third-order valence-corrected chi connectivity index (χ3v) is 5.59. The number of pyridine rings is 1. The molecule has 138 valence electrons. The summed E-state index contributed by atoms with van der Waals surface area (Å²) >= 11 is 0. The molecule has 0 spiro atoms. The SMILES string of the molecule is COc1cccc(Oc2ccc(-c3ccc[n+]4c3NS(=O)(=O)CC4)cc2)c1. The molecule has 0 saturated heterocycles. The summed E-state index contributed by atoms with van der Waals surface area (Å²) in [5, 5.41) is 0. The van der Waals surface area contributed by atoms with Gasteiger partial charge in [0.15, 0.2) is 0 Å². The summed E-state index contributed by atoms with van der Waals surface area (Å²) < 4.78 is 39.5. The van der Waals surface area contributed by atoms with Crippen LogP contribution >= 0.6 is 0 Å². The molecule has 2 heterocycles. The number of hydrogen-bond donors (Lipinski definition) is 1. The summed E-state index contributed by atoms with van der Waals surface area (Å²) in [4.78, 5) is 0. The van der Waals surface area contributed by atoms with Crippen molar-refractivity contribution >= 4 is 15.8 Å². The van der Waals surface area contributed by atoms with E-state index in [2.05, 4.69) is 4.72 Å². The first-order valence-corrected chi connectivity index (χ1v) is 10.1. The van der Waals surface area contributed by atoms with E-state index in [9.17, 15) is 8.42 Å². The Morgan fingerprint density at radius 1 is 0.963 bits per heavy atom. The Kier molecular flexibility index (Phi) is 4.45. The highest BCUT2D eigenvalue weighted by molar-refractivity contribution is 7.92. The molecule has 1 N–H and O–H groups in total. The maximum absolute atomic E-state index is 12.0. The fourth-order valence-corrected chi connectivity index (χ4v) is 4.07. The molecule has 0 atom stereocenters. The standard InChI is InChI=1S/C20H18N2O4S/c1-25-17-4-2-5-18(14-17)26-16-9-7-15(8-10-16)19-6-3-11-22-12-13-27(23,24)21-20(19)22/h2-11,14H,12-13H2,1H3/p+1. The zero-order chi connectivity index (χ0) is 18.9. The molecule has 2 aromatic carbocycles. The number of aryl methyl sites for hydroxylation is 1. The van der Waals surface area contributed by atoms with Gasteiger partial charge in [-0.2, -0.15) is 13.1 Å². The van der Waals surface area contributed by atoms with Gasteiger partial charge in [0.2, 0.25) is 0 Å². The molecule has 3 aromatic rings. The van der Waals surface area contributed by atoms with Gasteiger partial charge < -0.3 is 9.47 Å². The molecule has 4 rings (SSSR count). The maximum Gasteiger partial charge on any atom is 0.302 e. The number of rotatable bonds is 4. The highest BCUT2D eigenvalue weighted by Crippen LogP contribution is 2.30. The van der Waals surface area contributed by atoms with E-state index in [1.54, 1.807) is 7.11 Å². The van der Waals surface area contributed by atoms with Crippen LogP contribution < -0.4 is 18.8 Å². The molecular weight excluding hydrogens is 364 g/mol. The normalized spacial score (nSPS) is 14.7. The molecule has 1 aliphatic rings. The molecule has 7 heteroatoms. The van der Waals surface area contributed by atoms with Crippen molar-refractivity contribution in [3.05, 3.63) is 66.9 Å². The van der Waals surface area contributed by atoms with Crippen molar-refractivity contribution in [1.82, 2.24) is 0 Å². The highest BCUT2D eigenvalue weighted by atomic mass is 32.2. The Morgan fingerprint density at radius 2 is 1.74 bits per heavy atom. The van der Waals surface area contributed by atoms with Gasteiger partial charge in [-0.15, -0.1) is 0 Å². The lowest BCUT2D eigenvalue weighted by molar-refractivity contribution is -0.679. The minimum atomic E-state index is -3.29. The van der Waals surface area contributed by atoms with Crippen LogP contribution in [0.15, 0.2) is 66.9 Å². The summed E-state index contributed by atoms with van der Waals surface area (Å²) in [6, 6.07) is 18.7. The van der Waals surface area contributed by atoms with E-state index >= 15 is 0 Å². The molecule has 6 nitrogen and oxygen atoms in total. The van der Waals surface area contributed by atoms with E-state index in [1.807, 2.05) is 71.4 Å². The topological polar surface area (TPSA) is 68.5 Å². The minimum absolute atomic E-state index is 0.0848. The fraction of sp³-hybridized carbons (Fsp3) is 0.150. The lowest BCUT2D eigenvalue weighted by Crippen LogP contribution is -2.47. The second-order valence-corrected chi connectivity index (χ2v) is 8.03. The number of sulfonamides is 1. The predicted molar refractivity (Wildman–Crippen MR) is 103 cm³/mol. The zero-order valence-corrected chi connectivity index (χ0v) is 15.6. The number of fused-ring (bicyclic) bond motifs is 1. The van der Waals surface area contributed by atoms with Gasteiger partial charge in [0.25, 0.3) is 5.82 Å². The molecule has 0 bridgehead atoms. The van der Waals surface area contributed by atoms with E-state index < -0.39 is 10.0 Å². The smallest absolute Gasteiger partial charge is 0.302 e. The summed E-state index contributed by atoms with van der Waals surface area (Å²) in [5.74, 6) is 2.77. The van der Waals surface area contributed by atoms with E-state index in [-0.39, 0.29) is 5.75 Å². The number of nitrogens with one attached hydrogen (secondary N) is 1. The van der Waals surface area contributed by atoms with Gasteiger partial charge in [-0.05, 0) is 42.0 Å². The van der Waals surface area contributed by atoms with Crippen molar-refractivity contribution in [2.75, 3.05) is 17.6 Å². The van der Waals surface area contributed by atoms with Gasteiger partial charge in [-0.1, -0.05) is 18.2 Å². The quantitative estimate of drug-likeness (QED) is 0.703. The van der Waals surface area contributed by atoms with Gasteiger partial charge in [0.05, 0.1) is 18.9 Å². The molecule has 1 aromatic heterocycles. The molecule has 0 radical (unpaired) electrons. The zero-order valence-electron chi connectivity index (χ0n) is 14.8. The highest BCUT2D eigenvalue weighted by Gasteiger charge is 2.29. The first-order chi connectivity index (χ1) is 13.0. The van der Waals surface area contributed by atoms with Crippen molar-refractivity contribution in [2.24, 2.45) is 0 Å². The number of methoxy groups -OCH3 is 1. The second-order valence-electron chi connectivity index (χ2n) is 6.19. The predicted octanol–water partition coefficient (Wildman–Crippen LogP) is 3.20. The maximum atomic E-state index is 12.0. The summed E-state index contributed by atoms with van der Waals surface area (Å²) in [6.07, 6.45) is 1.88. The van der Waals surface area contributed by atoms with Gasteiger partial charge in [-0.3, -0.25) is 0 Å². The number of nitrogens with zero attached hydrogens (tertiary/aromatic N) is 1. The third-order valence-electron chi connectivity index (χ3n) is 4.37. The number of benzene rings is 2. The molecular formula is C20H19N2O4S+. The van der Waals surface area contributed by atoms with Crippen molar-refractivity contribution in [3.63, 3.8) is 0 Å².